The zero-order chi connectivity index (χ0) is 10.2. The zero-order valence-electron chi connectivity index (χ0n) is 7.42. The van der Waals surface area contributed by atoms with Crippen LogP contribution >= 0.6 is 0 Å². The molecule has 0 radical (unpaired) electrons. The van der Waals surface area contributed by atoms with Gasteiger partial charge in [-0.2, -0.15) is 0 Å². The van der Waals surface area contributed by atoms with Crippen molar-refractivity contribution in [2.75, 3.05) is 0 Å². The van der Waals surface area contributed by atoms with Crippen LogP contribution in [0.4, 0.5) is 0 Å². The predicted octanol–water partition coefficient (Wildman–Crippen LogP) is 0.236. The predicted molar refractivity (Wildman–Crippen MR) is 52.9 cm³/mol. The van der Waals surface area contributed by atoms with Gasteiger partial charge in [0.25, 0.3) is 0 Å². The number of carbonyl (C=O) groups is 1. The molecule has 0 bridgehead atoms. The van der Waals surface area contributed by atoms with E-state index in [1.54, 1.807) is 11.8 Å². The fourth-order valence-corrected chi connectivity index (χ4v) is 0.923. The van der Waals surface area contributed by atoms with E-state index in [1.165, 1.54) is 0 Å². The van der Waals surface area contributed by atoms with Gasteiger partial charge >= 0.3 is 0 Å². The maximum absolute atomic E-state index is 8.94. The van der Waals surface area contributed by atoms with Crippen molar-refractivity contribution in [3.63, 3.8) is 0 Å². The summed E-state index contributed by atoms with van der Waals surface area (Å²) in [4.78, 5) is 16.9. The first-order chi connectivity index (χ1) is 6.88. The Morgan fingerprint density at radius 1 is 1.36 bits per heavy atom. The summed E-state index contributed by atoms with van der Waals surface area (Å²) in [5.41, 5.74) is 2.75. The third-order valence-electron chi connectivity index (χ3n) is 1.48. The first-order valence-corrected chi connectivity index (χ1v) is 3.93. The molecule has 1 aromatic heterocycles. The molecule has 0 aliphatic rings. The fourth-order valence-electron chi connectivity index (χ4n) is 0.923. The minimum Gasteiger partial charge on any atom is -0.297 e. The first kappa shape index (κ1) is 10.1. The van der Waals surface area contributed by atoms with Crippen LogP contribution in [0.3, 0.4) is 0 Å². The van der Waals surface area contributed by atoms with Gasteiger partial charge in [-0.3, -0.25) is 10.2 Å². The van der Waals surface area contributed by atoms with E-state index in [0.29, 0.717) is 6.41 Å². The Bertz CT molecular complexity index is 339. The first-order valence-electron chi connectivity index (χ1n) is 3.93. The summed E-state index contributed by atoms with van der Waals surface area (Å²) in [6.07, 6.45) is 3.77. The highest BCUT2D eigenvalue weighted by Crippen LogP contribution is 2.06. The summed E-state index contributed by atoms with van der Waals surface area (Å²) in [6, 6.07) is 7.91. The number of carbonyl (C=O) groups excluding carboxylic acids is 1. The topological polar surface area (TPSA) is 80.9 Å². The van der Waals surface area contributed by atoms with Crippen molar-refractivity contribution in [3.05, 3.63) is 36.8 Å². The lowest BCUT2D eigenvalue weighted by Gasteiger charge is -1.90. The molecule has 14 heavy (non-hydrogen) atoms. The normalized spacial score (nSPS) is 8.64. The molecule has 5 heteroatoms. The molecule has 0 aliphatic carbocycles. The summed E-state index contributed by atoms with van der Waals surface area (Å²) in [7, 11) is 0. The van der Waals surface area contributed by atoms with Crippen molar-refractivity contribution < 1.29 is 4.79 Å². The number of nitrogens with zero attached hydrogens (tertiary/aromatic N) is 2. The summed E-state index contributed by atoms with van der Waals surface area (Å²) in [6.45, 7) is 0. The molecule has 1 aromatic carbocycles. The van der Waals surface area contributed by atoms with Crippen LogP contribution in [0.1, 0.15) is 0 Å². The van der Waals surface area contributed by atoms with Crippen molar-refractivity contribution in [2.24, 2.45) is 5.84 Å². The van der Waals surface area contributed by atoms with Crippen molar-refractivity contribution in [2.45, 2.75) is 0 Å². The Labute approximate surface area is 80.9 Å². The molecule has 1 heterocycles. The molecule has 3 N–H and O–H groups in total. The number of fused-ring (bicyclic) bond motifs is 1. The van der Waals surface area contributed by atoms with E-state index in [1.807, 2.05) is 30.5 Å². The maximum Gasteiger partial charge on any atom is 0.221 e. The number of nitrogens with one attached hydrogen (secondary N) is 1. The van der Waals surface area contributed by atoms with Gasteiger partial charge in [-0.15, -0.1) is 0 Å². The van der Waals surface area contributed by atoms with Gasteiger partial charge in [-0.1, -0.05) is 18.2 Å². The molecule has 0 saturated heterocycles. The summed E-state index contributed by atoms with van der Waals surface area (Å²) >= 11 is 0. The average Bonchev–Trinajstić information content (AvgIpc) is 2.30. The van der Waals surface area contributed by atoms with Crippen molar-refractivity contribution >= 4 is 17.3 Å². The summed E-state index contributed by atoms with van der Waals surface area (Å²) < 4.78 is 0. The highest BCUT2D eigenvalue weighted by atomic mass is 16.1. The van der Waals surface area contributed by atoms with E-state index in [9.17, 15) is 0 Å². The zero-order valence-corrected chi connectivity index (χ0v) is 7.42. The third-order valence-corrected chi connectivity index (χ3v) is 1.48. The minimum absolute atomic E-state index is 0.403. The molecule has 1 amide bonds. The van der Waals surface area contributed by atoms with Crippen LogP contribution in [0, 0.1) is 0 Å². The number of hydrogen-bond donors (Lipinski definition) is 2. The van der Waals surface area contributed by atoms with E-state index in [4.69, 9.17) is 4.79 Å². The molecular formula is C9H10N4O. The molecule has 2 aromatic rings. The van der Waals surface area contributed by atoms with E-state index in [-0.39, 0.29) is 0 Å². The van der Waals surface area contributed by atoms with Gasteiger partial charge in [0.2, 0.25) is 6.41 Å². The van der Waals surface area contributed by atoms with E-state index in [2.05, 4.69) is 15.8 Å². The molecular weight excluding hydrogens is 180 g/mol. The number of nitrogens with two attached hydrogens (primary N) is 1. The standard InChI is InChI=1S/C8H6N2.CH4N2O/c1-2-4-8-7(3-1)5-9-6-10-8;2-3-1-4/h1-6H;1H,2H2,(H,3,4). The van der Waals surface area contributed by atoms with Crippen LogP contribution in [-0.4, -0.2) is 16.4 Å². The van der Waals surface area contributed by atoms with Gasteiger partial charge in [-0.25, -0.2) is 15.8 Å². The van der Waals surface area contributed by atoms with E-state index < -0.39 is 0 Å². The van der Waals surface area contributed by atoms with Crippen molar-refractivity contribution in [1.29, 1.82) is 0 Å². The van der Waals surface area contributed by atoms with Gasteiger partial charge < -0.3 is 0 Å². The Morgan fingerprint density at radius 2 is 2.07 bits per heavy atom. The fraction of sp³-hybridized carbons (Fsp3) is 0. The van der Waals surface area contributed by atoms with Gasteiger partial charge in [0.1, 0.15) is 6.33 Å². The second-order valence-electron chi connectivity index (χ2n) is 2.37. The largest absolute Gasteiger partial charge is 0.297 e. The quantitative estimate of drug-likeness (QED) is 0.292. The Morgan fingerprint density at radius 3 is 2.71 bits per heavy atom. The van der Waals surface area contributed by atoms with Crippen LogP contribution < -0.4 is 11.3 Å². The van der Waals surface area contributed by atoms with E-state index >= 15 is 0 Å². The number of hydrazine groups is 1. The van der Waals surface area contributed by atoms with Crippen LogP contribution in [-0.2, 0) is 4.79 Å². The molecule has 0 spiro atoms. The van der Waals surface area contributed by atoms with Crippen molar-refractivity contribution in [1.82, 2.24) is 15.4 Å². The lowest BCUT2D eigenvalue weighted by molar-refractivity contribution is -0.109. The average molecular weight is 190 g/mol. The number of rotatable bonds is 1. The molecule has 2 rings (SSSR count). The molecule has 0 atom stereocenters. The molecule has 0 unspecified atom stereocenters. The lowest BCUT2D eigenvalue weighted by Crippen LogP contribution is -2.18. The molecule has 0 aliphatic heterocycles. The number of aromatic nitrogens is 2. The number of benzene rings is 1. The molecule has 0 saturated carbocycles. The minimum atomic E-state index is 0.403. The van der Waals surface area contributed by atoms with Crippen LogP contribution in [0.25, 0.3) is 10.9 Å². The van der Waals surface area contributed by atoms with Gasteiger partial charge in [-0.05, 0) is 6.07 Å². The van der Waals surface area contributed by atoms with Crippen LogP contribution in [0.15, 0.2) is 36.8 Å². The third kappa shape index (κ3) is 2.80. The Kier molecular flexibility index (Phi) is 4.03. The Balaban J connectivity index is 0.000000213. The highest BCUT2D eigenvalue weighted by molar-refractivity contribution is 5.76. The SMILES string of the molecule is NNC=O.c1ccc2ncncc2c1. The molecule has 5 nitrogen and oxygen atoms in total. The molecule has 72 valence electrons. The summed E-state index contributed by atoms with van der Waals surface area (Å²) in [5, 5.41) is 1.09. The molecule has 0 fully saturated rings. The lowest BCUT2D eigenvalue weighted by atomic mass is 10.2. The second kappa shape index (κ2) is 5.60. The van der Waals surface area contributed by atoms with Gasteiger partial charge in [0.15, 0.2) is 0 Å². The van der Waals surface area contributed by atoms with Gasteiger partial charge in [0, 0.05) is 11.6 Å². The van der Waals surface area contributed by atoms with Crippen molar-refractivity contribution in [3.8, 4) is 0 Å². The maximum atomic E-state index is 8.94. The van der Waals surface area contributed by atoms with E-state index in [0.717, 1.165) is 10.9 Å². The van der Waals surface area contributed by atoms with Crippen LogP contribution in [0.5, 0.6) is 0 Å². The van der Waals surface area contributed by atoms with Crippen LogP contribution in [0.2, 0.25) is 0 Å². The monoisotopic (exact) mass is 190 g/mol. The smallest absolute Gasteiger partial charge is 0.221 e. The second-order valence-corrected chi connectivity index (χ2v) is 2.37. The number of hydrogen-bond acceptors (Lipinski definition) is 4. The Hall–Kier alpha value is -2.01. The number of para-hydroxylation sites is 1. The number of amides is 1. The van der Waals surface area contributed by atoms with Gasteiger partial charge in [0.05, 0.1) is 5.52 Å². The highest BCUT2D eigenvalue weighted by Gasteiger charge is 1.87. The summed E-state index contributed by atoms with van der Waals surface area (Å²) in [5.74, 6) is 4.41.